The van der Waals surface area contributed by atoms with E-state index in [0.717, 1.165) is 0 Å². The summed E-state index contributed by atoms with van der Waals surface area (Å²) in [6, 6.07) is 0. The van der Waals surface area contributed by atoms with Crippen molar-refractivity contribution in [2.45, 2.75) is 33.1 Å². The lowest BCUT2D eigenvalue weighted by Gasteiger charge is -2.23. The van der Waals surface area contributed by atoms with Crippen LogP contribution in [0.2, 0.25) is 0 Å². The van der Waals surface area contributed by atoms with Crippen molar-refractivity contribution < 1.29 is 0 Å². The van der Waals surface area contributed by atoms with E-state index in [1.165, 1.54) is 19.3 Å². The van der Waals surface area contributed by atoms with Crippen molar-refractivity contribution >= 4 is 23.2 Å². The monoisotopic (exact) mass is 192 g/mol. The molecule has 0 heterocycles. The van der Waals surface area contributed by atoms with E-state index in [4.69, 9.17) is 23.2 Å². The number of halogens is 2. The second kappa shape index (κ2) is 3.37. The van der Waals surface area contributed by atoms with E-state index in [-0.39, 0.29) is 0 Å². The third-order valence-corrected chi connectivity index (χ3v) is 2.92. The Morgan fingerprint density at radius 2 is 2.09 bits per heavy atom. The molecule has 0 amide bonds. The average Bonchev–Trinajstić information content (AvgIpc) is 2.10. The highest BCUT2D eigenvalue weighted by Crippen LogP contribution is 2.44. The second-order valence-electron chi connectivity index (χ2n) is 3.94. The second-order valence-corrected chi connectivity index (χ2v) is 4.95. The van der Waals surface area contributed by atoms with Gasteiger partial charge in [-0.3, -0.25) is 0 Å². The van der Waals surface area contributed by atoms with Gasteiger partial charge in [0, 0.05) is 0 Å². The van der Waals surface area contributed by atoms with Gasteiger partial charge in [-0.05, 0) is 24.2 Å². The Morgan fingerprint density at radius 3 is 2.45 bits per heavy atom. The summed E-state index contributed by atoms with van der Waals surface area (Å²) < 4.78 is 0.421. The zero-order valence-corrected chi connectivity index (χ0v) is 8.54. The summed E-state index contributed by atoms with van der Waals surface area (Å²) >= 11 is 11.2. The molecule has 1 aliphatic rings. The van der Waals surface area contributed by atoms with Crippen LogP contribution in [-0.4, -0.2) is 0 Å². The number of hydrogen-bond acceptors (Lipinski definition) is 0. The van der Waals surface area contributed by atoms with Crippen LogP contribution >= 0.6 is 23.2 Å². The molecule has 0 aliphatic heterocycles. The Morgan fingerprint density at radius 1 is 1.45 bits per heavy atom. The predicted octanol–water partition coefficient (Wildman–Crippen LogP) is 4.13. The van der Waals surface area contributed by atoms with E-state index in [9.17, 15) is 0 Å². The van der Waals surface area contributed by atoms with Gasteiger partial charge in [0.15, 0.2) is 0 Å². The van der Waals surface area contributed by atoms with Gasteiger partial charge in [-0.15, -0.1) is 0 Å². The molecule has 0 N–H and O–H groups in total. The minimum atomic E-state index is 0.398. The van der Waals surface area contributed by atoms with Gasteiger partial charge in [-0.25, -0.2) is 0 Å². The smallest absolute Gasteiger partial charge is 0.0712 e. The summed E-state index contributed by atoms with van der Waals surface area (Å²) in [7, 11) is 0. The topological polar surface area (TPSA) is 0 Å². The first-order valence-corrected chi connectivity index (χ1v) is 4.81. The van der Waals surface area contributed by atoms with Crippen LogP contribution in [0.4, 0.5) is 0 Å². The van der Waals surface area contributed by atoms with Gasteiger partial charge in [0.1, 0.15) is 4.49 Å². The molecular weight excluding hydrogens is 179 g/mol. The average molecular weight is 193 g/mol. The van der Waals surface area contributed by atoms with Crippen LogP contribution in [0.25, 0.3) is 0 Å². The molecule has 1 rings (SSSR count). The van der Waals surface area contributed by atoms with Crippen molar-refractivity contribution in [3.8, 4) is 0 Å². The fourth-order valence-electron chi connectivity index (χ4n) is 1.81. The minimum absolute atomic E-state index is 0.398. The molecule has 11 heavy (non-hydrogen) atoms. The van der Waals surface area contributed by atoms with Crippen LogP contribution in [-0.2, 0) is 0 Å². The summed E-state index contributed by atoms with van der Waals surface area (Å²) in [5.41, 5.74) is 0.398. The third kappa shape index (κ3) is 2.38. The summed E-state index contributed by atoms with van der Waals surface area (Å²) in [6.45, 7) is 4.55. The molecule has 2 heteroatoms. The van der Waals surface area contributed by atoms with Gasteiger partial charge in [0.05, 0.1) is 0 Å². The van der Waals surface area contributed by atoms with Crippen molar-refractivity contribution in [3.05, 3.63) is 10.6 Å². The molecule has 1 fully saturated rings. The van der Waals surface area contributed by atoms with Crippen LogP contribution in [0.3, 0.4) is 0 Å². The first kappa shape index (κ1) is 9.41. The number of hydrogen-bond donors (Lipinski definition) is 0. The van der Waals surface area contributed by atoms with E-state index in [1.807, 2.05) is 6.08 Å². The molecule has 1 atom stereocenters. The molecule has 1 saturated carbocycles. The molecule has 0 spiro atoms. The molecule has 0 nitrogen and oxygen atoms in total. The van der Waals surface area contributed by atoms with Crippen LogP contribution in [0.15, 0.2) is 10.6 Å². The standard InChI is InChI=1S/C9H14Cl2/c1-9(2)5-3-4-7(9)6-8(10)11/h6-7H,3-5H2,1-2H3. The van der Waals surface area contributed by atoms with E-state index in [0.29, 0.717) is 15.8 Å². The lowest BCUT2D eigenvalue weighted by atomic mass is 9.82. The Balaban J connectivity index is 2.66. The van der Waals surface area contributed by atoms with E-state index >= 15 is 0 Å². The van der Waals surface area contributed by atoms with Crippen molar-refractivity contribution in [2.24, 2.45) is 11.3 Å². The predicted molar refractivity (Wildman–Crippen MR) is 50.9 cm³/mol. The van der Waals surface area contributed by atoms with Crippen molar-refractivity contribution in [3.63, 3.8) is 0 Å². The third-order valence-electron chi connectivity index (χ3n) is 2.67. The van der Waals surface area contributed by atoms with E-state index in [1.54, 1.807) is 0 Å². The summed E-state index contributed by atoms with van der Waals surface area (Å²) in [6.07, 6.45) is 5.80. The highest BCUT2D eigenvalue weighted by Gasteiger charge is 2.32. The Hall–Kier alpha value is 0.320. The molecule has 0 radical (unpaired) electrons. The van der Waals surface area contributed by atoms with Gasteiger partial charge in [-0.1, -0.05) is 49.5 Å². The van der Waals surface area contributed by atoms with Gasteiger partial charge in [-0.2, -0.15) is 0 Å². The largest absolute Gasteiger partial charge is 0.103 e. The molecule has 1 aliphatic carbocycles. The normalized spacial score (nSPS) is 28.5. The maximum Gasteiger partial charge on any atom is 0.103 e. The highest BCUT2D eigenvalue weighted by molar-refractivity contribution is 6.55. The zero-order valence-electron chi connectivity index (χ0n) is 7.03. The van der Waals surface area contributed by atoms with Crippen LogP contribution in [0, 0.1) is 11.3 Å². The lowest BCUT2D eigenvalue weighted by Crippen LogP contribution is -2.14. The van der Waals surface area contributed by atoms with Crippen LogP contribution < -0.4 is 0 Å². The van der Waals surface area contributed by atoms with E-state index < -0.39 is 0 Å². The Kier molecular flexibility index (Phi) is 2.88. The lowest BCUT2D eigenvalue weighted by molar-refractivity contribution is 0.309. The minimum Gasteiger partial charge on any atom is -0.0712 e. The summed E-state index contributed by atoms with van der Waals surface area (Å²) in [4.78, 5) is 0. The first-order chi connectivity index (χ1) is 5.02. The maximum absolute atomic E-state index is 5.61. The van der Waals surface area contributed by atoms with Gasteiger partial charge in [0.2, 0.25) is 0 Å². The molecule has 0 aromatic carbocycles. The van der Waals surface area contributed by atoms with E-state index in [2.05, 4.69) is 13.8 Å². The molecule has 64 valence electrons. The highest BCUT2D eigenvalue weighted by atomic mass is 35.5. The fourth-order valence-corrected chi connectivity index (χ4v) is 2.12. The molecule has 0 aromatic heterocycles. The molecule has 1 unspecified atom stereocenters. The molecule has 0 bridgehead atoms. The first-order valence-electron chi connectivity index (χ1n) is 4.05. The number of allylic oxidation sites excluding steroid dienone is 1. The zero-order chi connectivity index (χ0) is 8.48. The fraction of sp³-hybridized carbons (Fsp3) is 0.778. The van der Waals surface area contributed by atoms with Crippen molar-refractivity contribution in [1.82, 2.24) is 0 Å². The van der Waals surface area contributed by atoms with Gasteiger partial charge < -0.3 is 0 Å². The van der Waals surface area contributed by atoms with Crippen LogP contribution in [0.5, 0.6) is 0 Å². The maximum atomic E-state index is 5.61. The van der Waals surface area contributed by atoms with Gasteiger partial charge >= 0.3 is 0 Å². The SMILES string of the molecule is CC1(C)CCCC1C=C(Cl)Cl. The molecule has 0 saturated heterocycles. The Labute approximate surface area is 78.6 Å². The molecular formula is C9H14Cl2. The number of rotatable bonds is 1. The van der Waals surface area contributed by atoms with Crippen molar-refractivity contribution in [2.75, 3.05) is 0 Å². The van der Waals surface area contributed by atoms with Crippen molar-refractivity contribution in [1.29, 1.82) is 0 Å². The molecule has 0 aromatic rings. The quantitative estimate of drug-likeness (QED) is 0.587. The van der Waals surface area contributed by atoms with Gasteiger partial charge in [0.25, 0.3) is 0 Å². The van der Waals surface area contributed by atoms with Crippen LogP contribution in [0.1, 0.15) is 33.1 Å². The summed E-state index contributed by atoms with van der Waals surface area (Å²) in [5, 5.41) is 0. The Bertz CT molecular complexity index is 166. The summed E-state index contributed by atoms with van der Waals surface area (Å²) in [5.74, 6) is 0.576.